The first-order valence-corrected chi connectivity index (χ1v) is 4.76. The summed E-state index contributed by atoms with van der Waals surface area (Å²) in [5.74, 6) is 0.349. The third kappa shape index (κ3) is 3.09. The highest BCUT2D eigenvalue weighted by atomic mass is 16.7. The maximum Gasteiger partial charge on any atom is 0.506 e. The highest BCUT2D eigenvalue weighted by molar-refractivity contribution is 5.57. The van der Waals surface area contributed by atoms with Crippen LogP contribution >= 0.6 is 0 Å². The zero-order valence-corrected chi connectivity index (χ0v) is 7.74. The largest absolute Gasteiger partial charge is 0.506 e. The number of rotatable bonds is 3. The number of hydrogen-bond donors (Lipinski definition) is 1. The molecule has 0 bridgehead atoms. The molecule has 1 fully saturated rings. The molecule has 0 aromatic rings. The van der Waals surface area contributed by atoms with Crippen molar-refractivity contribution in [2.75, 3.05) is 0 Å². The number of carbonyl (C=O) groups is 1. The molecule has 74 valence electrons. The van der Waals surface area contributed by atoms with E-state index in [1.54, 1.807) is 6.08 Å². The van der Waals surface area contributed by atoms with E-state index in [1.165, 1.54) is 19.3 Å². The third-order valence-electron chi connectivity index (χ3n) is 2.58. The molecule has 1 rings (SSSR count). The summed E-state index contributed by atoms with van der Waals surface area (Å²) >= 11 is 0. The van der Waals surface area contributed by atoms with Crippen molar-refractivity contribution in [2.45, 2.75) is 38.2 Å². The summed E-state index contributed by atoms with van der Waals surface area (Å²) in [5, 5.41) is 8.48. The van der Waals surface area contributed by atoms with Crippen LogP contribution in [0.25, 0.3) is 0 Å². The van der Waals surface area contributed by atoms with Crippen molar-refractivity contribution >= 4 is 6.16 Å². The topological polar surface area (TPSA) is 46.5 Å². The fourth-order valence-corrected chi connectivity index (χ4v) is 1.92. The Morgan fingerprint density at radius 2 is 2.08 bits per heavy atom. The van der Waals surface area contributed by atoms with E-state index < -0.39 is 6.16 Å². The van der Waals surface area contributed by atoms with Gasteiger partial charge in [-0.1, -0.05) is 31.9 Å². The Labute approximate surface area is 78.4 Å². The van der Waals surface area contributed by atoms with Crippen molar-refractivity contribution in [1.29, 1.82) is 0 Å². The molecule has 13 heavy (non-hydrogen) atoms. The lowest BCUT2D eigenvalue weighted by molar-refractivity contribution is 0.0380. The maximum atomic E-state index is 10.3. The molecule has 1 aliphatic carbocycles. The van der Waals surface area contributed by atoms with Crippen LogP contribution in [0.4, 0.5) is 4.79 Å². The minimum absolute atomic E-state index is 0.308. The molecule has 0 radical (unpaired) electrons. The standard InChI is InChI=1S/C10H16O3/c1-2-9(13-10(11)12)8-6-4-3-5-7-8/h2,8-9H,1,3-7H2,(H,11,12). The Balaban J connectivity index is 2.43. The predicted molar refractivity (Wildman–Crippen MR) is 49.7 cm³/mol. The second kappa shape index (κ2) is 4.90. The molecule has 1 aliphatic rings. The average Bonchev–Trinajstić information content (AvgIpc) is 2.15. The van der Waals surface area contributed by atoms with E-state index >= 15 is 0 Å². The normalized spacial score (nSPS) is 20.6. The van der Waals surface area contributed by atoms with Crippen LogP contribution in [0.15, 0.2) is 12.7 Å². The van der Waals surface area contributed by atoms with E-state index in [-0.39, 0.29) is 6.10 Å². The predicted octanol–water partition coefficient (Wildman–Crippen LogP) is 2.82. The van der Waals surface area contributed by atoms with Gasteiger partial charge in [0.15, 0.2) is 0 Å². The summed E-state index contributed by atoms with van der Waals surface area (Å²) in [4.78, 5) is 10.3. The van der Waals surface area contributed by atoms with Crippen molar-refractivity contribution in [3.63, 3.8) is 0 Å². The zero-order chi connectivity index (χ0) is 9.68. The van der Waals surface area contributed by atoms with Gasteiger partial charge in [0, 0.05) is 0 Å². The number of ether oxygens (including phenoxy) is 1. The van der Waals surface area contributed by atoms with Crippen molar-refractivity contribution in [1.82, 2.24) is 0 Å². The molecule has 3 heteroatoms. The Kier molecular flexibility index (Phi) is 3.80. The molecule has 0 heterocycles. The van der Waals surface area contributed by atoms with Crippen molar-refractivity contribution < 1.29 is 14.6 Å². The fraction of sp³-hybridized carbons (Fsp3) is 0.700. The van der Waals surface area contributed by atoms with Crippen LogP contribution in [0, 0.1) is 5.92 Å². The van der Waals surface area contributed by atoms with E-state index in [0.717, 1.165) is 12.8 Å². The van der Waals surface area contributed by atoms with Gasteiger partial charge in [0.25, 0.3) is 0 Å². The molecule has 1 atom stereocenters. The molecule has 3 nitrogen and oxygen atoms in total. The first-order chi connectivity index (χ1) is 6.24. The van der Waals surface area contributed by atoms with Crippen LogP contribution in [-0.4, -0.2) is 17.4 Å². The third-order valence-corrected chi connectivity index (χ3v) is 2.58. The Hall–Kier alpha value is -0.990. The van der Waals surface area contributed by atoms with Gasteiger partial charge >= 0.3 is 6.16 Å². The van der Waals surface area contributed by atoms with Gasteiger partial charge in [-0.15, -0.1) is 0 Å². The molecular formula is C10H16O3. The fourth-order valence-electron chi connectivity index (χ4n) is 1.92. The molecule has 0 spiro atoms. The van der Waals surface area contributed by atoms with Gasteiger partial charge in [-0.25, -0.2) is 4.79 Å². The summed E-state index contributed by atoms with van der Waals surface area (Å²) in [7, 11) is 0. The van der Waals surface area contributed by atoms with Gasteiger partial charge in [0.2, 0.25) is 0 Å². The van der Waals surface area contributed by atoms with Gasteiger partial charge in [-0.3, -0.25) is 0 Å². The second-order valence-electron chi connectivity index (χ2n) is 3.48. The Morgan fingerprint density at radius 1 is 1.46 bits per heavy atom. The zero-order valence-electron chi connectivity index (χ0n) is 7.74. The molecule has 1 unspecified atom stereocenters. The second-order valence-corrected chi connectivity index (χ2v) is 3.48. The summed E-state index contributed by atoms with van der Waals surface area (Å²) < 4.78 is 4.74. The van der Waals surface area contributed by atoms with E-state index in [9.17, 15) is 4.79 Å². The van der Waals surface area contributed by atoms with Crippen LogP contribution in [0.5, 0.6) is 0 Å². The Morgan fingerprint density at radius 3 is 2.54 bits per heavy atom. The molecule has 0 aromatic carbocycles. The van der Waals surface area contributed by atoms with E-state index in [1.807, 2.05) is 0 Å². The summed E-state index contributed by atoms with van der Waals surface area (Å²) in [6, 6.07) is 0. The number of hydrogen-bond acceptors (Lipinski definition) is 2. The van der Waals surface area contributed by atoms with Crippen LogP contribution in [0.1, 0.15) is 32.1 Å². The van der Waals surface area contributed by atoms with Gasteiger partial charge in [0.05, 0.1) is 0 Å². The minimum atomic E-state index is -1.20. The smallest absolute Gasteiger partial charge is 0.450 e. The van der Waals surface area contributed by atoms with Crippen LogP contribution in [0.2, 0.25) is 0 Å². The average molecular weight is 184 g/mol. The quantitative estimate of drug-likeness (QED) is 0.542. The van der Waals surface area contributed by atoms with Gasteiger partial charge in [-0.05, 0) is 18.8 Å². The summed E-state index contributed by atoms with van der Waals surface area (Å²) in [6.45, 7) is 3.60. The first-order valence-electron chi connectivity index (χ1n) is 4.76. The molecule has 1 saturated carbocycles. The van der Waals surface area contributed by atoms with Crippen LogP contribution in [0.3, 0.4) is 0 Å². The molecule has 0 aromatic heterocycles. The highest BCUT2D eigenvalue weighted by Crippen LogP contribution is 2.28. The van der Waals surface area contributed by atoms with Crippen LogP contribution < -0.4 is 0 Å². The monoisotopic (exact) mass is 184 g/mol. The molecule has 0 saturated heterocycles. The van der Waals surface area contributed by atoms with Crippen molar-refractivity contribution in [3.05, 3.63) is 12.7 Å². The van der Waals surface area contributed by atoms with E-state index in [0.29, 0.717) is 5.92 Å². The highest BCUT2D eigenvalue weighted by Gasteiger charge is 2.23. The van der Waals surface area contributed by atoms with Gasteiger partial charge in [0.1, 0.15) is 6.10 Å². The van der Waals surface area contributed by atoms with Crippen LogP contribution in [-0.2, 0) is 4.74 Å². The lowest BCUT2D eigenvalue weighted by atomic mass is 9.85. The SMILES string of the molecule is C=CC(OC(=O)O)C1CCCCC1. The summed E-state index contributed by atoms with van der Waals surface area (Å²) in [5.41, 5.74) is 0. The number of carboxylic acid groups (broad SMARTS) is 1. The van der Waals surface area contributed by atoms with E-state index in [2.05, 4.69) is 6.58 Å². The minimum Gasteiger partial charge on any atom is -0.450 e. The molecule has 0 amide bonds. The molecular weight excluding hydrogens is 168 g/mol. The van der Waals surface area contributed by atoms with Gasteiger partial charge in [-0.2, -0.15) is 0 Å². The van der Waals surface area contributed by atoms with Gasteiger partial charge < -0.3 is 9.84 Å². The van der Waals surface area contributed by atoms with Crippen molar-refractivity contribution in [2.24, 2.45) is 5.92 Å². The molecule has 0 aliphatic heterocycles. The molecule has 1 N–H and O–H groups in total. The lowest BCUT2D eigenvalue weighted by Gasteiger charge is -2.26. The van der Waals surface area contributed by atoms with Crippen molar-refractivity contribution in [3.8, 4) is 0 Å². The van der Waals surface area contributed by atoms with E-state index in [4.69, 9.17) is 9.84 Å². The summed E-state index contributed by atoms with van der Waals surface area (Å²) in [6.07, 6.45) is 5.83. The lowest BCUT2D eigenvalue weighted by Crippen LogP contribution is -2.26. The Bertz CT molecular complexity index is 183. The maximum absolute atomic E-state index is 10.3. The first kappa shape index (κ1) is 10.1.